The predicted molar refractivity (Wildman–Crippen MR) is 78.1 cm³/mol. The minimum absolute atomic E-state index is 0.110. The molecule has 1 rings (SSSR count). The Morgan fingerprint density at radius 2 is 1.86 bits per heavy atom. The van der Waals surface area contributed by atoms with Gasteiger partial charge in [-0.15, -0.1) is 0 Å². The molecule has 0 bridgehead atoms. The van der Waals surface area contributed by atoms with E-state index in [9.17, 15) is 14.4 Å². The number of carboxylic acid groups (broad SMARTS) is 1. The van der Waals surface area contributed by atoms with E-state index in [1.165, 1.54) is 4.90 Å². The predicted octanol–water partition coefficient (Wildman–Crippen LogP) is 1.50. The molecule has 114 valence electrons. The highest BCUT2D eigenvalue weighted by Crippen LogP contribution is 2.14. The van der Waals surface area contributed by atoms with Crippen LogP contribution in [0.15, 0.2) is 24.3 Å². The number of carbonyl (C=O) groups is 3. The van der Waals surface area contributed by atoms with Crippen LogP contribution in [0.2, 0.25) is 0 Å². The molecule has 21 heavy (non-hydrogen) atoms. The second-order valence-electron chi connectivity index (χ2n) is 4.60. The fourth-order valence-corrected chi connectivity index (χ4v) is 2.02. The zero-order valence-corrected chi connectivity index (χ0v) is 12.0. The zero-order valence-electron chi connectivity index (χ0n) is 12.0. The highest BCUT2D eigenvalue weighted by atomic mass is 16.4. The Bertz CT molecular complexity index is 528. The summed E-state index contributed by atoms with van der Waals surface area (Å²) in [7, 11) is 0. The number of primary amides is 1. The molecule has 0 heterocycles. The van der Waals surface area contributed by atoms with Crippen molar-refractivity contribution >= 4 is 23.6 Å². The summed E-state index contributed by atoms with van der Waals surface area (Å²) in [6, 6.07) is 5.16. The highest BCUT2D eigenvalue weighted by Gasteiger charge is 2.21. The average Bonchev–Trinajstić information content (AvgIpc) is 2.38. The first-order valence-corrected chi connectivity index (χ1v) is 6.54. The van der Waals surface area contributed by atoms with Crippen LogP contribution in [0.4, 0.5) is 10.5 Å². The zero-order chi connectivity index (χ0) is 16.0. The van der Waals surface area contributed by atoms with Gasteiger partial charge in [-0.2, -0.15) is 0 Å². The smallest absolute Gasteiger partial charge is 0.316 e. The van der Waals surface area contributed by atoms with Gasteiger partial charge in [0.05, 0.1) is 6.42 Å². The molecule has 0 aliphatic rings. The van der Waals surface area contributed by atoms with Crippen molar-refractivity contribution in [1.82, 2.24) is 4.90 Å². The van der Waals surface area contributed by atoms with E-state index in [0.717, 1.165) is 0 Å². The molecule has 1 unspecified atom stereocenters. The second kappa shape index (κ2) is 7.28. The molecule has 0 aromatic heterocycles. The normalized spacial score (nSPS) is 11.5. The molecule has 7 nitrogen and oxygen atoms in total. The van der Waals surface area contributed by atoms with Gasteiger partial charge in [0.25, 0.3) is 5.91 Å². The molecule has 1 aromatic rings. The summed E-state index contributed by atoms with van der Waals surface area (Å²) in [5.74, 6) is -1.20. The number of benzene rings is 1. The van der Waals surface area contributed by atoms with Crippen LogP contribution in [0, 0.1) is 0 Å². The van der Waals surface area contributed by atoms with Crippen molar-refractivity contribution in [1.29, 1.82) is 0 Å². The number of aliphatic carboxylic acids is 1. The van der Waals surface area contributed by atoms with Crippen molar-refractivity contribution < 1.29 is 19.5 Å². The van der Waals surface area contributed by atoms with E-state index in [0.29, 0.717) is 17.8 Å². The summed E-state index contributed by atoms with van der Waals surface area (Å²) in [6.45, 7) is 3.90. The summed E-state index contributed by atoms with van der Waals surface area (Å²) in [5.41, 5.74) is 5.90. The third-order valence-electron chi connectivity index (χ3n) is 3.00. The molecule has 0 saturated carbocycles. The number of anilines is 1. The molecular weight excluding hydrogens is 274 g/mol. The molecule has 0 spiro atoms. The Labute approximate surface area is 122 Å². The SMILES string of the molecule is CCN(C(=O)c1ccc(NC(N)=O)cc1)C(C)CC(=O)O. The number of carbonyl (C=O) groups excluding carboxylic acids is 2. The molecule has 0 aliphatic heterocycles. The number of hydrogen-bond acceptors (Lipinski definition) is 3. The fraction of sp³-hybridized carbons (Fsp3) is 0.357. The lowest BCUT2D eigenvalue weighted by Gasteiger charge is -2.27. The lowest BCUT2D eigenvalue weighted by atomic mass is 10.1. The topological polar surface area (TPSA) is 113 Å². The molecule has 7 heteroatoms. The number of nitrogens with two attached hydrogens (primary N) is 1. The second-order valence-corrected chi connectivity index (χ2v) is 4.60. The fourth-order valence-electron chi connectivity index (χ4n) is 2.02. The Morgan fingerprint density at radius 3 is 2.29 bits per heavy atom. The lowest BCUT2D eigenvalue weighted by Crippen LogP contribution is -2.39. The van der Waals surface area contributed by atoms with Crippen LogP contribution in [-0.4, -0.2) is 40.5 Å². The summed E-state index contributed by atoms with van der Waals surface area (Å²) in [5, 5.41) is 11.2. The Morgan fingerprint density at radius 1 is 1.29 bits per heavy atom. The van der Waals surface area contributed by atoms with Crippen molar-refractivity contribution in [3.05, 3.63) is 29.8 Å². The van der Waals surface area contributed by atoms with Crippen LogP contribution in [0.5, 0.6) is 0 Å². The molecule has 4 N–H and O–H groups in total. The van der Waals surface area contributed by atoms with E-state index < -0.39 is 18.0 Å². The quantitative estimate of drug-likeness (QED) is 0.737. The van der Waals surface area contributed by atoms with Crippen LogP contribution >= 0.6 is 0 Å². The molecular formula is C14H19N3O4. The van der Waals surface area contributed by atoms with E-state index in [4.69, 9.17) is 10.8 Å². The average molecular weight is 293 g/mol. The molecule has 1 aromatic carbocycles. The van der Waals surface area contributed by atoms with Crippen molar-refractivity contribution in [3.63, 3.8) is 0 Å². The molecule has 0 radical (unpaired) electrons. The van der Waals surface area contributed by atoms with Gasteiger partial charge in [0.2, 0.25) is 0 Å². The monoisotopic (exact) mass is 293 g/mol. The maximum atomic E-state index is 12.4. The molecule has 3 amide bonds. The number of carboxylic acids is 1. The third-order valence-corrected chi connectivity index (χ3v) is 3.00. The van der Waals surface area contributed by atoms with Crippen molar-refractivity contribution in [3.8, 4) is 0 Å². The van der Waals surface area contributed by atoms with Gasteiger partial charge in [0.1, 0.15) is 0 Å². The maximum Gasteiger partial charge on any atom is 0.316 e. The Kier molecular flexibility index (Phi) is 5.71. The molecule has 0 aliphatic carbocycles. The lowest BCUT2D eigenvalue weighted by molar-refractivity contribution is -0.138. The van der Waals surface area contributed by atoms with Gasteiger partial charge in [0, 0.05) is 23.8 Å². The first-order valence-electron chi connectivity index (χ1n) is 6.54. The van der Waals surface area contributed by atoms with Crippen molar-refractivity contribution in [2.24, 2.45) is 5.73 Å². The van der Waals surface area contributed by atoms with E-state index >= 15 is 0 Å². The van der Waals surface area contributed by atoms with E-state index in [1.807, 2.05) is 0 Å². The van der Waals surface area contributed by atoms with Gasteiger partial charge in [0.15, 0.2) is 0 Å². The Balaban J connectivity index is 2.84. The van der Waals surface area contributed by atoms with Gasteiger partial charge >= 0.3 is 12.0 Å². The largest absolute Gasteiger partial charge is 0.481 e. The summed E-state index contributed by atoms with van der Waals surface area (Å²) >= 11 is 0. The minimum Gasteiger partial charge on any atom is -0.481 e. The van der Waals surface area contributed by atoms with Gasteiger partial charge in [-0.1, -0.05) is 0 Å². The van der Waals surface area contributed by atoms with Gasteiger partial charge in [-0.05, 0) is 38.1 Å². The standard InChI is InChI=1S/C14H19N3O4/c1-3-17(9(2)8-12(18)19)13(20)10-4-6-11(7-5-10)16-14(15)21/h4-7,9H,3,8H2,1-2H3,(H,18,19)(H3,15,16,21). The van der Waals surface area contributed by atoms with Crippen LogP contribution in [0.3, 0.4) is 0 Å². The van der Waals surface area contributed by atoms with Crippen molar-refractivity contribution in [2.75, 3.05) is 11.9 Å². The van der Waals surface area contributed by atoms with Crippen molar-refractivity contribution in [2.45, 2.75) is 26.3 Å². The highest BCUT2D eigenvalue weighted by molar-refractivity contribution is 5.95. The van der Waals surface area contributed by atoms with Gasteiger partial charge < -0.3 is 21.1 Å². The minimum atomic E-state index is -0.949. The van der Waals surface area contributed by atoms with Crippen LogP contribution in [-0.2, 0) is 4.79 Å². The number of nitrogens with one attached hydrogen (secondary N) is 1. The van der Waals surface area contributed by atoms with E-state index in [2.05, 4.69) is 5.32 Å². The van der Waals surface area contributed by atoms with Gasteiger partial charge in [-0.3, -0.25) is 9.59 Å². The first kappa shape index (κ1) is 16.5. The van der Waals surface area contributed by atoms with E-state index in [1.54, 1.807) is 38.1 Å². The molecule has 0 saturated heterocycles. The summed E-state index contributed by atoms with van der Waals surface area (Å²) in [4.78, 5) is 35.3. The van der Waals surface area contributed by atoms with Gasteiger partial charge in [-0.25, -0.2) is 4.79 Å². The third kappa shape index (κ3) is 4.79. The number of hydrogen-bond donors (Lipinski definition) is 3. The molecule has 1 atom stereocenters. The number of urea groups is 1. The first-order chi connectivity index (χ1) is 9.85. The summed E-state index contributed by atoms with van der Waals surface area (Å²) < 4.78 is 0. The van der Waals surface area contributed by atoms with E-state index in [-0.39, 0.29) is 12.3 Å². The Hall–Kier alpha value is -2.57. The van der Waals surface area contributed by atoms with Crippen LogP contribution in [0.1, 0.15) is 30.6 Å². The van der Waals surface area contributed by atoms with Crippen LogP contribution in [0.25, 0.3) is 0 Å². The summed E-state index contributed by atoms with van der Waals surface area (Å²) in [6.07, 6.45) is -0.110. The number of nitrogens with zero attached hydrogens (tertiary/aromatic N) is 1. The maximum absolute atomic E-state index is 12.4. The number of rotatable bonds is 6. The number of amides is 3. The van der Waals surface area contributed by atoms with Crippen LogP contribution < -0.4 is 11.1 Å². The molecule has 0 fully saturated rings.